The largest absolute Gasteiger partial charge is 0.305 e. The highest BCUT2D eigenvalue weighted by Crippen LogP contribution is 2.65. The normalized spacial score (nSPS) is 17.1. The lowest BCUT2D eigenvalue weighted by Gasteiger charge is -2.49. The molecule has 0 amide bonds. The lowest BCUT2D eigenvalue weighted by Crippen LogP contribution is -2.44. The quantitative estimate of drug-likeness (QED) is 0.181. The van der Waals surface area contributed by atoms with Crippen LogP contribution in [0, 0.1) is 0 Å². The molecule has 1 atom stereocenters. The molecule has 6 aromatic rings. The summed E-state index contributed by atoms with van der Waals surface area (Å²) in [5.41, 5.74) is 15.2. The average molecular weight is 597 g/mol. The predicted octanol–water partition coefficient (Wildman–Crippen LogP) is 8.87. The third kappa shape index (κ3) is 4.04. The molecule has 6 aromatic carbocycles. The Labute approximate surface area is 273 Å². The summed E-state index contributed by atoms with van der Waals surface area (Å²) >= 11 is 0. The molecular formula is C44H40N2. The summed E-state index contributed by atoms with van der Waals surface area (Å²) in [5.74, 6) is 0. The molecule has 2 aliphatic carbocycles. The minimum Gasteiger partial charge on any atom is -0.305 e. The first-order valence-corrected chi connectivity index (χ1v) is 16.3. The summed E-state index contributed by atoms with van der Waals surface area (Å²) in [6.45, 7) is 1.77. The van der Waals surface area contributed by atoms with Gasteiger partial charge >= 0.3 is 0 Å². The van der Waals surface area contributed by atoms with Gasteiger partial charge in [0.15, 0.2) is 0 Å². The number of benzene rings is 6. The smallest absolute Gasteiger partial charge is 0.0720 e. The average Bonchev–Trinajstić information content (AvgIpc) is 3.38. The van der Waals surface area contributed by atoms with Gasteiger partial charge < -0.3 is 9.80 Å². The molecule has 46 heavy (non-hydrogen) atoms. The van der Waals surface area contributed by atoms with E-state index in [-0.39, 0.29) is 0 Å². The van der Waals surface area contributed by atoms with Gasteiger partial charge in [0.1, 0.15) is 0 Å². The van der Waals surface area contributed by atoms with Gasteiger partial charge in [-0.3, -0.25) is 0 Å². The summed E-state index contributed by atoms with van der Waals surface area (Å²) in [4.78, 5) is 4.52. The van der Waals surface area contributed by atoms with Gasteiger partial charge in [0.2, 0.25) is 0 Å². The van der Waals surface area contributed by atoms with Crippen molar-refractivity contribution in [2.75, 3.05) is 28.2 Å². The first kappa shape index (κ1) is 28.7. The molecule has 0 fully saturated rings. The highest BCUT2D eigenvalue weighted by molar-refractivity contribution is 5.91. The van der Waals surface area contributed by atoms with E-state index in [9.17, 15) is 0 Å². The second kappa shape index (κ2) is 10.9. The van der Waals surface area contributed by atoms with Gasteiger partial charge in [-0.05, 0) is 95.0 Å². The lowest BCUT2D eigenvalue weighted by molar-refractivity contribution is 0.402. The van der Waals surface area contributed by atoms with E-state index >= 15 is 0 Å². The zero-order valence-corrected chi connectivity index (χ0v) is 27.2. The Kier molecular flexibility index (Phi) is 6.83. The molecule has 0 heterocycles. The van der Waals surface area contributed by atoms with Gasteiger partial charge in [0, 0.05) is 13.1 Å². The lowest BCUT2D eigenvalue weighted by atomic mass is 9.51. The van der Waals surface area contributed by atoms with Crippen LogP contribution in [-0.2, 0) is 23.9 Å². The van der Waals surface area contributed by atoms with Crippen molar-refractivity contribution in [1.29, 1.82) is 0 Å². The zero-order valence-electron chi connectivity index (χ0n) is 27.2. The van der Waals surface area contributed by atoms with Gasteiger partial charge in [-0.1, -0.05) is 146 Å². The van der Waals surface area contributed by atoms with Crippen LogP contribution in [0.5, 0.6) is 0 Å². The van der Waals surface area contributed by atoms with Gasteiger partial charge in [-0.2, -0.15) is 0 Å². The third-order valence-electron chi connectivity index (χ3n) is 10.1. The first-order valence-electron chi connectivity index (χ1n) is 16.3. The van der Waals surface area contributed by atoms with Crippen molar-refractivity contribution < 1.29 is 0 Å². The SMILES string of the molecule is CN(C)Cc1cccc(C2(c3cccc(CN(C)C)c3)c3ccccc3C3(c4ccccc4)c4ccccc4-c4cccc2c43)c1. The summed E-state index contributed by atoms with van der Waals surface area (Å²) in [7, 11) is 8.61. The summed E-state index contributed by atoms with van der Waals surface area (Å²) in [6.07, 6.45) is 0. The van der Waals surface area contributed by atoms with E-state index in [4.69, 9.17) is 0 Å². The van der Waals surface area contributed by atoms with Crippen molar-refractivity contribution in [2.45, 2.75) is 23.9 Å². The second-order valence-electron chi connectivity index (χ2n) is 13.6. The Hall–Kier alpha value is -4.76. The van der Waals surface area contributed by atoms with Crippen molar-refractivity contribution in [2.24, 2.45) is 0 Å². The number of hydrogen-bond acceptors (Lipinski definition) is 2. The van der Waals surface area contributed by atoms with Crippen LogP contribution in [0.1, 0.15) is 55.6 Å². The molecule has 0 radical (unpaired) electrons. The van der Waals surface area contributed by atoms with E-state index < -0.39 is 10.8 Å². The molecule has 2 heteroatoms. The number of rotatable bonds is 7. The third-order valence-corrected chi connectivity index (χ3v) is 10.1. The Balaban J connectivity index is 1.57. The molecular weight excluding hydrogens is 556 g/mol. The maximum absolute atomic E-state index is 2.46. The summed E-state index contributed by atoms with van der Waals surface area (Å²) in [5, 5.41) is 0. The van der Waals surface area contributed by atoms with Crippen LogP contribution in [0.4, 0.5) is 0 Å². The van der Waals surface area contributed by atoms with Crippen molar-refractivity contribution in [1.82, 2.24) is 9.80 Å². The molecule has 0 saturated heterocycles. The molecule has 0 aliphatic heterocycles. The van der Waals surface area contributed by atoms with E-state index in [2.05, 4.69) is 184 Å². The maximum atomic E-state index is 2.46. The van der Waals surface area contributed by atoms with Crippen LogP contribution < -0.4 is 0 Å². The molecule has 0 spiro atoms. The highest BCUT2D eigenvalue weighted by atomic mass is 15.1. The maximum Gasteiger partial charge on any atom is 0.0720 e. The van der Waals surface area contributed by atoms with E-state index in [0.29, 0.717) is 0 Å². The predicted molar refractivity (Wildman–Crippen MR) is 190 cm³/mol. The van der Waals surface area contributed by atoms with Crippen LogP contribution in [0.15, 0.2) is 146 Å². The number of nitrogens with zero attached hydrogens (tertiary/aromatic N) is 2. The summed E-state index contributed by atoms with van der Waals surface area (Å²) in [6, 6.07) is 55.4. The van der Waals surface area contributed by atoms with Crippen LogP contribution in [0.25, 0.3) is 11.1 Å². The Morgan fingerprint density at radius 1 is 0.391 bits per heavy atom. The van der Waals surface area contributed by atoms with Crippen LogP contribution in [-0.4, -0.2) is 38.0 Å². The van der Waals surface area contributed by atoms with Crippen LogP contribution >= 0.6 is 0 Å². The van der Waals surface area contributed by atoms with Crippen molar-refractivity contribution in [3.05, 3.63) is 201 Å². The fourth-order valence-electron chi connectivity index (χ4n) is 8.70. The molecule has 0 N–H and O–H groups in total. The molecule has 0 bridgehead atoms. The standard InChI is InChI=1S/C44H40N2/c1-45(2)29-31-15-12-19-34(27-31)43(35-20-13-16-32(28-35)30-46(3)4)39-24-10-11-25-40(39)44(33-17-6-5-7-18-33)38-23-9-8-21-36(38)37-22-14-26-41(43)42(37)44/h5-28H,29-30H2,1-4H3. The van der Waals surface area contributed by atoms with Gasteiger partial charge in [0.25, 0.3) is 0 Å². The molecule has 0 saturated carbocycles. The Bertz CT molecular complexity index is 2020. The second-order valence-corrected chi connectivity index (χ2v) is 13.6. The Morgan fingerprint density at radius 3 is 1.46 bits per heavy atom. The summed E-state index contributed by atoms with van der Waals surface area (Å²) < 4.78 is 0. The molecule has 8 rings (SSSR count). The van der Waals surface area contributed by atoms with E-state index in [1.807, 2.05) is 0 Å². The van der Waals surface area contributed by atoms with Crippen molar-refractivity contribution in [3.63, 3.8) is 0 Å². The van der Waals surface area contributed by atoms with E-state index in [1.54, 1.807) is 0 Å². The monoisotopic (exact) mass is 596 g/mol. The molecule has 2 aliphatic rings. The highest BCUT2D eigenvalue weighted by Gasteiger charge is 2.57. The molecule has 2 nitrogen and oxygen atoms in total. The molecule has 0 aromatic heterocycles. The fourth-order valence-corrected chi connectivity index (χ4v) is 8.70. The fraction of sp³-hybridized carbons (Fsp3) is 0.182. The minimum absolute atomic E-state index is 0.424. The Morgan fingerprint density at radius 2 is 0.848 bits per heavy atom. The van der Waals surface area contributed by atoms with Crippen LogP contribution in [0.2, 0.25) is 0 Å². The van der Waals surface area contributed by atoms with Crippen LogP contribution in [0.3, 0.4) is 0 Å². The molecule has 226 valence electrons. The van der Waals surface area contributed by atoms with E-state index in [0.717, 1.165) is 13.1 Å². The van der Waals surface area contributed by atoms with Crippen molar-refractivity contribution in [3.8, 4) is 11.1 Å². The molecule has 1 unspecified atom stereocenters. The van der Waals surface area contributed by atoms with Gasteiger partial charge in [0.05, 0.1) is 10.8 Å². The first-order chi connectivity index (χ1) is 22.5. The van der Waals surface area contributed by atoms with Gasteiger partial charge in [-0.25, -0.2) is 0 Å². The number of fused-ring (bicyclic) bond motifs is 5. The number of hydrogen-bond donors (Lipinski definition) is 0. The van der Waals surface area contributed by atoms with Crippen molar-refractivity contribution >= 4 is 0 Å². The van der Waals surface area contributed by atoms with Gasteiger partial charge in [-0.15, -0.1) is 0 Å². The zero-order chi connectivity index (χ0) is 31.5. The van der Waals surface area contributed by atoms with E-state index in [1.165, 1.54) is 66.8 Å². The topological polar surface area (TPSA) is 6.48 Å². The minimum atomic E-state index is -0.521.